The Morgan fingerprint density at radius 2 is 1.95 bits per heavy atom. The van der Waals surface area contributed by atoms with Gasteiger partial charge in [0.1, 0.15) is 11.6 Å². The third kappa shape index (κ3) is 3.38. The number of nitrogens with two attached hydrogens (primary N) is 1. The molecule has 0 radical (unpaired) electrons. The van der Waals surface area contributed by atoms with Crippen LogP contribution in [0.1, 0.15) is 5.56 Å². The van der Waals surface area contributed by atoms with E-state index in [-0.39, 0.29) is 13.1 Å². The minimum absolute atomic E-state index is 0.174. The highest BCUT2D eigenvalue weighted by molar-refractivity contribution is 5.82. The van der Waals surface area contributed by atoms with Crippen LogP contribution in [0.2, 0.25) is 0 Å². The van der Waals surface area contributed by atoms with Crippen molar-refractivity contribution in [3.8, 4) is 17.9 Å². The molecule has 0 saturated carbocycles. The van der Waals surface area contributed by atoms with Crippen molar-refractivity contribution < 1.29 is 4.74 Å². The number of fused-ring (bicyclic) bond motifs is 1. The van der Waals surface area contributed by atoms with Gasteiger partial charge in [0.05, 0.1) is 37.9 Å². The number of nitriles is 2. The van der Waals surface area contributed by atoms with Gasteiger partial charge in [-0.2, -0.15) is 10.5 Å². The summed E-state index contributed by atoms with van der Waals surface area (Å²) in [4.78, 5) is 6.07. The first-order valence-corrected chi connectivity index (χ1v) is 6.37. The zero-order valence-corrected chi connectivity index (χ0v) is 11.7. The lowest BCUT2D eigenvalue weighted by Gasteiger charge is -2.16. The first-order valence-electron chi connectivity index (χ1n) is 6.37. The summed E-state index contributed by atoms with van der Waals surface area (Å²) in [6.45, 7) is 0.767. The molecule has 1 aromatic carbocycles. The number of ether oxygens (including phenoxy) is 1. The molecule has 2 rings (SSSR count). The average molecular weight is 281 g/mol. The summed E-state index contributed by atoms with van der Waals surface area (Å²) in [5.74, 6) is 1.12. The van der Waals surface area contributed by atoms with Gasteiger partial charge in [0.15, 0.2) is 0 Å². The zero-order chi connectivity index (χ0) is 15.2. The quantitative estimate of drug-likeness (QED) is 0.837. The molecule has 0 unspecified atom stereocenters. The molecule has 0 fully saturated rings. The van der Waals surface area contributed by atoms with Crippen LogP contribution in [0.15, 0.2) is 24.3 Å². The highest BCUT2D eigenvalue weighted by Crippen LogP contribution is 2.23. The fraction of sp³-hybridized carbons (Fsp3) is 0.267. The summed E-state index contributed by atoms with van der Waals surface area (Å²) in [6.07, 6.45) is 0. The van der Waals surface area contributed by atoms with E-state index in [1.54, 1.807) is 12.0 Å². The van der Waals surface area contributed by atoms with Gasteiger partial charge in [-0.15, -0.1) is 0 Å². The fourth-order valence-electron chi connectivity index (χ4n) is 2.07. The summed E-state index contributed by atoms with van der Waals surface area (Å²) in [7, 11) is 1.60. The molecule has 0 aliphatic rings. The Labute approximate surface area is 123 Å². The van der Waals surface area contributed by atoms with E-state index in [0.717, 1.165) is 22.2 Å². The van der Waals surface area contributed by atoms with E-state index in [0.29, 0.717) is 12.4 Å². The number of hydrogen-bond acceptors (Lipinski definition) is 6. The Bertz CT molecular complexity index is 713. The van der Waals surface area contributed by atoms with Crippen molar-refractivity contribution in [1.82, 2.24) is 9.88 Å². The standard InChI is InChI=1S/C15H15N5O/c1-21-13-3-2-11-8-12(15(18)19-14(11)9-13)10-20(6-4-16)7-5-17/h2-3,8-9H,6-7,10H2,1H3,(H2,18,19). The highest BCUT2D eigenvalue weighted by Gasteiger charge is 2.10. The van der Waals surface area contributed by atoms with E-state index in [1.165, 1.54) is 0 Å². The molecule has 6 nitrogen and oxygen atoms in total. The predicted octanol–water partition coefficient (Wildman–Crippen LogP) is 1.67. The summed E-state index contributed by atoms with van der Waals surface area (Å²) < 4.78 is 5.16. The number of benzene rings is 1. The molecule has 0 atom stereocenters. The van der Waals surface area contributed by atoms with Crippen molar-refractivity contribution in [1.29, 1.82) is 10.5 Å². The summed E-state index contributed by atoms with van der Waals surface area (Å²) in [5, 5.41) is 18.5. The third-order valence-corrected chi connectivity index (χ3v) is 3.12. The first kappa shape index (κ1) is 14.6. The molecule has 0 saturated heterocycles. The lowest BCUT2D eigenvalue weighted by atomic mass is 10.1. The Kier molecular flexibility index (Phi) is 4.55. The number of hydrogen-bond donors (Lipinski definition) is 1. The van der Waals surface area contributed by atoms with Crippen LogP contribution in [0.25, 0.3) is 10.9 Å². The number of rotatable bonds is 5. The van der Waals surface area contributed by atoms with Gasteiger partial charge in [0, 0.05) is 23.6 Å². The highest BCUT2D eigenvalue weighted by atomic mass is 16.5. The molecular weight excluding hydrogens is 266 g/mol. The van der Waals surface area contributed by atoms with Crippen molar-refractivity contribution in [2.75, 3.05) is 25.9 Å². The van der Waals surface area contributed by atoms with Crippen LogP contribution in [0.3, 0.4) is 0 Å². The Hall–Kier alpha value is -2.83. The topological polar surface area (TPSA) is 99.0 Å². The molecule has 1 heterocycles. The average Bonchev–Trinajstić information content (AvgIpc) is 2.48. The molecule has 6 heteroatoms. The molecule has 1 aromatic heterocycles. The molecule has 106 valence electrons. The van der Waals surface area contributed by atoms with Gasteiger partial charge in [-0.1, -0.05) is 0 Å². The second kappa shape index (κ2) is 6.56. The van der Waals surface area contributed by atoms with E-state index < -0.39 is 0 Å². The monoisotopic (exact) mass is 281 g/mol. The summed E-state index contributed by atoms with van der Waals surface area (Å²) >= 11 is 0. The Morgan fingerprint density at radius 3 is 2.57 bits per heavy atom. The molecule has 0 amide bonds. The molecule has 0 spiro atoms. The lowest BCUT2D eigenvalue weighted by Crippen LogP contribution is -2.24. The number of nitrogen functional groups attached to an aromatic ring is 1. The third-order valence-electron chi connectivity index (χ3n) is 3.12. The van der Waals surface area contributed by atoms with Crippen LogP contribution in [-0.2, 0) is 6.54 Å². The van der Waals surface area contributed by atoms with Crippen LogP contribution < -0.4 is 10.5 Å². The van der Waals surface area contributed by atoms with E-state index in [1.807, 2.05) is 36.4 Å². The van der Waals surface area contributed by atoms with Crippen molar-refractivity contribution >= 4 is 16.7 Å². The number of nitrogens with zero attached hydrogens (tertiary/aromatic N) is 4. The van der Waals surface area contributed by atoms with Gasteiger partial charge in [0.25, 0.3) is 0 Å². The summed E-state index contributed by atoms with van der Waals surface area (Å²) in [5.41, 5.74) is 7.53. The van der Waals surface area contributed by atoms with Crippen molar-refractivity contribution in [3.05, 3.63) is 29.8 Å². The maximum atomic E-state index is 8.78. The zero-order valence-electron chi connectivity index (χ0n) is 11.7. The van der Waals surface area contributed by atoms with E-state index in [4.69, 9.17) is 21.0 Å². The van der Waals surface area contributed by atoms with Crippen molar-refractivity contribution in [2.45, 2.75) is 6.54 Å². The first-order chi connectivity index (χ1) is 10.2. The van der Waals surface area contributed by atoms with Crippen molar-refractivity contribution in [3.63, 3.8) is 0 Å². The molecule has 0 bridgehead atoms. The smallest absolute Gasteiger partial charge is 0.128 e. The number of aromatic nitrogens is 1. The molecule has 0 aliphatic carbocycles. The molecular formula is C15H15N5O. The SMILES string of the molecule is COc1ccc2cc(CN(CC#N)CC#N)c(N)nc2c1. The number of methoxy groups -OCH3 is 1. The number of pyridine rings is 1. The van der Waals surface area contributed by atoms with E-state index in [9.17, 15) is 0 Å². The van der Waals surface area contributed by atoms with Crippen LogP contribution in [0, 0.1) is 22.7 Å². The Morgan fingerprint density at radius 1 is 1.24 bits per heavy atom. The predicted molar refractivity (Wildman–Crippen MR) is 79.2 cm³/mol. The lowest BCUT2D eigenvalue weighted by molar-refractivity contribution is 0.335. The number of anilines is 1. The molecule has 2 N–H and O–H groups in total. The van der Waals surface area contributed by atoms with Crippen LogP contribution in [-0.4, -0.2) is 30.1 Å². The van der Waals surface area contributed by atoms with Crippen LogP contribution in [0.4, 0.5) is 5.82 Å². The van der Waals surface area contributed by atoms with Crippen LogP contribution in [0.5, 0.6) is 5.75 Å². The molecule has 21 heavy (non-hydrogen) atoms. The van der Waals surface area contributed by atoms with Gasteiger partial charge in [-0.25, -0.2) is 4.98 Å². The van der Waals surface area contributed by atoms with E-state index >= 15 is 0 Å². The molecule has 0 aliphatic heterocycles. The molecule has 2 aromatic rings. The second-order valence-electron chi connectivity index (χ2n) is 4.55. The largest absolute Gasteiger partial charge is 0.497 e. The minimum atomic E-state index is 0.174. The van der Waals surface area contributed by atoms with Gasteiger partial charge in [-0.05, 0) is 18.2 Å². The van der Waals surface area contributed by atoms with Gasteiger partial charge >= 0.3 is 0 Å². The van der Waals surface area contributed by atoms with E-state index in [2.05, 4.69) is 4.98 Å². The van der Waals surface area contributed by atoms with Gasteiger partial charge in [-0.3, -0.25) is 4.90 Å². The van der Waals surface area contributed by atoms with Crippen molar-refractivity contribution in [2.24, 2.45) is 0 Å². The maximum Gasteiger partial charge on any atom is 0.128 e. The Balaban J connectivity index is 2.34. The van der Waals surface area contributed by atoms with Gasteiger partial charge in [0.2, 0.25) is 0 Å². The van der Waals surface area contributed by atoms with Crippen LogP contribution >= 0.6 is 0 Å². The fourth-order valence-corrected chi connectivity index (χ4v) is 2.07. The summed E-state index contributed by atoms with van der Waals surface area (Å²) in [6, 6.07) is 11.6. The second-order valence-corrected chi connectivity index (χ2v) is 4.55. The normalized spacial score (nSPS) is 10.3. The minimum Gasteiger partial charge on any atom is -0.497 e. The van der Waals surface area contributed by atoms with Gasteiger partial charge < -0.3 is 10.5 Å². The maximum absolute atomic E-state index is 8.78.